The molecule has 2 aromatic rings. The fraction of sp³-hybridized carbons (Fsp3) is 0.333. The van der Waals surface area contributed by atoms with Gasteiger partial charge in [-0.25, -0.2) is 9.19 Å². The Morgan fingerprint density at radius 2 is 1.96 bits per heavy atom. The predicted molar refractivity (Wildman–Crippen MR) is 100 cm³/mol. The van der Waals surface area contributed by atoms with Gasteiger partial charge in [-0.05, 0) is 33.3 Å². The van der Waals surface area contributed by atoms with Gasteiger partial charge in [0.05, 0.1) is 22.2 Å². The number of aryl methyl sites for hydroxylation is 1. The molecule has 0 fully saturated rings. The molecule has 2 rings (SSSR count). The number of aromatic nitrogens is 1. The van der Waals surface area contributed by atoms with Crippen LogP contribution in [0.2, 0.25) is 5.15 Å². The van der Waals surface area contributed by atoms with Crippen LogP contribution in [0.1, 0.15) is 37.6 Å². The van der Waals surface area contributed by atoms with Gasteiger partial charge in [0.1, 0.15) is 28.5 Å². The number of halogens is 1. The van der Waals surface area contributed by atoms with E-state index >= 15 is 0 Å². The topological polar surface area (TPSA) is 51.6 Å². The van der Waals surface area contributed by atoms with Crippen LogP contribution in [0.3, 0.4) is 0 Å². The first kappa shape index (κ1) is 18.6. The standard InChI is InChI=1S/C18H21ClN2O2S/c1-13-15(11-20-24(22)18(2,3)4)16(10-17(19)21-13)23-12-14-8-6-5-7-9-14/h5-11H,12H2,1-4H3. The van der Waals surface area contributed by atoms with Crippen molar-refractivity contribution in [2.24, 2.45) is 4.40 Å². The number of ether oxygens (including phenoxy) is 1. The van der Waals surface area contributed by atoms with E-state index in [9.17, 15) is 4.21 Å². The normalized spacial score (nSPS) is 13.2. The number of rotatable bonds is 5. The summed E-state index contributed by atoms with van der Waals surface area (Å²) in [7, 11) is -1.35. The largest absolute Gasteiger partial charge is 0.488 e. The highest BCUT2D eigenvalue weighted by Gasteiger charge is 2.19. The van der Waals surface area contributed by atoms with Gasteiger partial charge in [0.15, 0.2) is 0 Å². The van der Waals surface area contributed by atoms with Crippen molar-refractivity contribution < 1.29 is 8.95 Å². The summed E-state index contributed by atoms with van der Waals surface area (Å²) in [6, 6.07) is 11.5. The van der Waals surface area contributed by atoms with Crippen molar-refractivity contribution in [3.63, 3.8) is 0 Å². The first-order chi connectivity index (χ1) is 11.3. The molecule has 0 amide bonds. The van der Waals surface area contributed by atoms with Crippen molar-refractivity contribution in [1.82, 2.24) is 4.98 Å². The second-order valence-electron chi connectivity index (χ2n) is 6.31. The minimum Gasteiger partial charge on any atom is -0.488 e. The molecular formula is C18H21ClN2O2S. The van der Waals surface area contributed by atoms with Gasteiger partial charge in [0.25, 0.3) is 0 Å². The maximum absolute atomic E-state index is 12.1. The molecule has 0 aliphatic carbocycles. The molecule has 0 saturated carbocycles. The van der Waals surface area contributed by atoms with Crippen LogP contribution in [0.15, 0.2) is 40.8 Å². The van der Waals surface area contributed by atoms with E-state index < -0.39 is 15.7 Å². The Hall–Kier alpha value is -1.72. The van der Waals surface area contributed by atoms with Crippen molar-refractivity contribution in [3.05, 3.63) is 58.4 Å². The zero-order valence-corrected chi connectivity index (χ0v) is 15.8. The number of hydrogen-bond acceptors (Lipinski definition) is 3. The molecule has 0 aliphatic rings. The summed E-state index contributed by atoms with van der Waals surface area (Å²) in [5.41, 5.74) is 2.41. The van der Waals surface area contributed by atoms with Gasteiger partial charge < -0.3 is 4.74 Å². The highest BCUT2D eigenvalue weighted by molar-refractivity contribution is 7.85. The lowest BCUT2D eigenvalue weighted by atomic mass is 10.2. The van der Waals surface area contributed by atoms with Crippen molar-refractivity contribution in [3.8, 4) is 5.75 Å². The quantitative estimate of drug-likeness (QED) is 0.579. The van der Waals surface area contributed by atoms with E-state index in [0.717, 1.165) is 5.56 Å². The average Bonchev–Trinajstić information content (AvgIpc) is 2.51. The van der Waals surface area contributed by atoms with E-state index in [1.54, 1.807) is 12.3 Å². The summed E-state index contributed by atoms with van der Waals surface area (Å²) in [5, 5.41) is 0.352. The van der Waals surface area contributed by atoms with Crippen molar-refractivity contribution in [2.75, 3.05) is 0 Å². The monoisotopic (exact) mass is 364 g/mol. The second-order valence-corrected chi connectivity index (χ2v) is 8.63. The SMILES string of the molecule is Cc1nc(Cl)cc(OCc2ccccc2)c1C=NS(=O)C(C)(C)C. The van der Waals surface area contributed by atoms with E-state index in [0.29, 0.717) is 28.8 Å². The van der Waals surface area contributed by atoms with Crippen LogP contribution >= 0.6 is 11.6 Å². The van der Waals surface area contributed by atoms with Gasteiger partial charge in [0.2, 0.25) is 0 Å². The molecule has 24 heavy (non-hydrogen) atoms. The van der Waals surface area contributed by atoms with Gasteiger partial charge in [-0.3, -0.25) is 0 Å². The van der Waals surface area contributed by atoms with Crippen LogP contribution in [0.4, 0.5) is 0 Å². The van der Waals surface area contributed by atoms with Crippen molar-refractivity contribution in [1.29, 1.82) is 0 Å². The third-order valence-corrected chi connectivity index (χ3v) is 4.76. The number of benzene rings is 1. The summed E-state index contributed by atoms with van der Waals surface area (Å²) < 4.78 is 21.8. The smallest absolute Gasteiger partial charge is 0.144 e. The lowest BCUT2D eigenvalue weighted by Gasteiger charge is -2.14. The summed E-state index contributed by atoms with van der Waals surface area (Å²) in [6.45, 7) is 7.85. The van der Waals surface area contributed by atoms with Gasteiger partial charge in [-0.15, -0.1) is 0 Å². The minimum absolute atomic E-state index is 0.352. The zero-order valence-electron chi connectivity index (χ0n) is 14.2. The first-order valence-electron chi connectivity index (χ1n) is 7.57. The second kappa shape index (κ2) is 7.90. The van der Waals surface area contributed by atoms with Gasteiger partial charge in [0, 0.05) is 6.07 Å². The number of pyridine rings is 1. The van der Waals surface area contributed by atoms with Crippen LogP contribution in [0.5, 0.6) is 5.75 Å². The lowest BCUT2D eigenvalue weighted by molar-refractivity contribution is 0.305. The molecule has 0 radical (unpaired) electrons. The molecule has 0 aliphatic heterocycles. The third kappa shape index (κ3) is 5.14. The fourth-order valence-corrected chi connectivity index (χ4v) is 2.63. The Kier molecular flexibility index (Phi) is 6.13. The summed E-state index contributed by atoms with van der Waals surface area (Å²) >= 11 is 6.04. The highest BCUT2D eigenvalue weighted by Crippen LogP contribution is 2.25. The number of nitrogens with zero attached hydrogens (tertiary/aromatic N) is 2. The molecule has 6 heteroatoms. The molecule has 1 heterocycles. The highest BCUT2D eigenvalue weighted by atomic mass is 35.5. The van der Waals surface area contributed by atoms with Crippen LogP contribution in [-0.4, -0.2) is 20.2 Å². The predicted octanol–water partition coefficient (Wildman–Crippen LogP) is 4.50. The zero-order chi connectivity index (χ0) is 17.7. The third-order valence-electron chi connectivity index (χ3n) is 3.22. The van der Waals surface area contributed by atoms with Crippen LogP contribution < -0.4 is 4.74 Å². The molecule has 1 atom stereocenters. The summed E-state index contributed by atoms with van der Waals surface area (Å²) in [4.78, 5) is 4.22. The average molecular weight is 365 g/mol. The molecule has 128 valence electrons. The van der Waals surface area contributed by atoms with Gasteiger partial charge in [-0.1, -0.05) is 41.9 Å². The summed E-state index contributed by atoms with van der Waals surface area (Å²) in [5.74, 6) is 0.575. The van der Waals surface area contributed by atoms with Gasteiger partial charge >= 0.3 is 0 Å². The molecular weight excluding hydrogens is 344 g/mol. The Morgan fingerprint density at radius 3 is 2.58 bits per heavy atom. The van der Waals surface area contributed by atoms with E-state index in [1.165, 1.54) is 0 Å². The Balaban J connectivity index is 2.27. The molecule has 0 N–H and O–H groups in total. The molecule has 0 saturated heterocycles. The maximum Gasteiger partial charge on any atom is 0.144 e. The van der Waals surface area contributed by atoms with Crippen LogP contribution in [0.25, 0.3) is 0 Å². The molecule has 0 bridgehead atoms. The summed E-state index contributed by atoms with van der Waals surface area (Å²) in [6.07, 6.45) is 1.56. The molecule has 0 spiro atoms. The maximum atomic E-state index is 12.1. The van der Waals surface area contributed by atoms with Crippen molar-refractivity contribution >= 4 is 28.8 Å². The lowest BCUT2D eigenvalue weighted by Crippen LogP contribution is -2.19. The molecule has 1 aromatic heterocycles. The Labute approximate surface area is 150 Å². The van der Waals surface area contributed by atoms with Crippen molar-refractivity contribution in [2.45, 2.75) is 39.0 Å². The van der Waals surface area contributed by atoms with E-state index in [2.05, 4.69) is 9.38 Å². The molecule has 4 nitrogen and oxygen atoms in total. The fourth-order valence-electron chi connectivity index (χ4n) is 1.89. The first-order valence-corrected chi connectivity index (χ1v) is 9.06. The number of hydrogen-bond donors (Lipinski definition) is 0. The Morgan fingerprint density at radius 1 is 1.29 bits per heavy atom. The molecule has 1 unspecified atom stereocenters. The van der Waals surface area contributed by atoms with E-state index in [1.807, 2.05) is 58.0 Å². The van der Waals surface area contributed by atoms with E-state index in [-0.39, 0.29) is 0 Å². The van der Waals surface area contributed by atoms with Crippen LogP contribution in [0, 0.1) is 6.92 Å². The van der Waals surface area contributed by atoms with Gasteiger partial charge in [-0.2, -0.15) is 4.40 Å². The molecule has 1 aromatic carbocycles. The minimum atomic E-state index is -1.35. The van der Waals surface area contributed by atoms with E-state index in [4.69, 9.17) is 16.3 Å². The van der Waals surface area contributed by atoms with Crippen LogP contribution in [-0.2, 0) is 17.6 Å². The Bertz CT molecular complexity index is 756.